The first-order valence-corrected chi connectivity index (χ1v) is 5.45. The lowest BCUT2D eigenvalue weighted by molar-refractivity contribution is 0.364. The van der Waals surface area contributed by atoms with Crippen LogP contribution in [0, 0.1) is 12.8 Å². The molecule has 0 spiro atoms. The molecule has 0 bridgehead atoms. The van der Waals surface area contributed by atoms with Gasteiger partial charge >= 0.3 is 0 Å². The van der Waals surface area contributed by atoms with Crippen LogP contribution in [0.1, 0.15) is 37.1 Å². The fourth-order valence-electron chi connectivity index (χ4n) is 2.36. The van der Waals surface area contributed by atoms with Crippen molar-refractivity contribution in [3.8, 4) is 0 Å². The second-order valence-electron chi connectivity index (χ2n) is 4.13. The van der Waals surface area contributed by atoms with E-state index in [2.05, 4.69) is 23.5 Å². The van der Waals surface area contributed by atoms with E-state index in [0.29, 0.717) is 5.92 Å². The van der Waals surface area contributed by atoms with Crippen molar-refractivity contribution in [3.63, 3.8) is 0 Å². The Kier molecular flexibility index (Phi) is 2.87. The van der Waals surface area contributed by atoms with Gasteiger partial charge in [0.1, 0.15) is 5.76 Å². The Morgan fingerprint density at radius 2 is 2.57 bits per heavy atom. The van der Waals surface area contributed by atoms with Crippen LogP contribution in [0.25, 0.3) is 0 Å². The van der Waals surface area contributed by atoms with Crippen LogP contribution in [0.4, 0.5) is 0 Å². The smallest absolute Gasteiger partial charge is 0.133 e. The maximum atomic E-state index is 5.14. The molecule has 1 aliphatic heterocycles. The summed E-state index contributed by atoms with van der Waals surface area (Å²) in [7, 11) is 0. The Morgan fingerprint density at radius 1 is 1.71 bits per heavy atom. The van der Waals surface area contributed by atoms with Gasteiger partial charge in [0.05, 0.1) is 5.69 Å². The van der Waals surface area contributed by atoms with Crippen molar-refractivity contribution in [3.05, 3.63) is 17.5 Å². The first-order valence-electron chi connectivity index (χ1n) is 5.45. The Balaban J connectivity index is 2.12. The molecule has 2 heterocycles. The second-order valence-corrected chi connectivity index (χ2v) is 4.13. The van der Waals surface area contributed by atoms with Gasteiger partial charge in [0.2, 0.25) is 0 Å². The Labute approximate surface area is 84.9 Å². The first kappa shape index (κ1) is 9.71. The van der Waals surface area contributed by atoms with Crippen molar-refractivity contribution in [2.45, 2.75) is 32.6 Å². The number of hydrogen-bond acceptors (Lipinski definition) is 3. The summed E-state index contributed by atoms with van der Waals surface area (Å²) in [5.41, 5.74) is 1.14. The van der Waals surface area contributed by atoms with Gasteiger partial charge in [-0.15, -0.1) is 0 Å². The van der Waals surface area contributed by atoms with Crippen molar-refractivity contribution < 1.29 is 4.52 Å². The summed E-state index contributed by atoms with van der Waals surface area (Å²) in [6.07, 6.45) is 2.42. The van der Waals surface area contributed by atoms with Gasteiger partial charge in [-0.05, 0) is 38.8 Å². The van der Waals surface area contributed by atoms with Crippen molar-refractivity contribution in [1.82, 2.24) is 10.5 Å². The van der Waals surface area contributed by atoms with Crippen molar-refractivity contribution in [2.24, 2.45) is 5.92 Å². The van der Waals surface area contributed by atoms with Crippen LogP contribution < -0.4 is 5.32 Å². The molecule has 1 aromatic heterocycles. The molecule has 0 amide bonds. The topological polar surface area (TPSA) is 38.1 Å². The highest BCUT2D eigenvalue weighted by Crippen LogP contribution is 2.31. The van der Waals surface area contributed by atoms with Crippen LogP contribution >= 0.6 is 0 Å². The highest BCUT2D eigenvalue weighted by molar-refractivity contribution is 5.11. The fourth-order valence-corrected chi connectivity index (χ4v) is 2.36. The molecule has 1 N–H and O–H groups in total. The molecule has 1 fully saturated rings. The van der Waals surface area contributed by atoms with E-state index in [1.165, 1.54) is 6.42 Å². The highest BCUT2D eigenvalue weighted by atomic mass is 16.5. The quantitative estimate of drug-likeness (QED) is 0.800. The molecule has 78 valence electrons. The van der Waals surface area contributed by atoms with Crippen LogP contribution in [-0.4, -0.2) is 18.2 Å². The summed E-state index contributed by atoms with van der Waals surface area (Å²) in [5.74, 6) is 2.23. The third-order valence-electron chi connectivity index (χ3n) is 3.13. The average Bonchev–Trinajstić information content (AvgIpc) is 2.79. The van der Waals surface area contributed by atoms with E-state index in [1.54, 1.807) is 0 Å². The lowest BCUT2D eigenvalue weighted by atomic mass is 9.86. The van der Waals surface area contributed by atoms with E-state index in [0.717, 1.165) is 36.9 Å². The van der Waals surface area contributed by atoms with E-state index < -0.39 is 0 Å². The molecule has 1 aromatic rings. The van der Waals surface area contributed by atoms with Crippen LogP contribution in [0.5, 0.6) is 0 Å². The maximum absolute atomic E-state index is 5.14. The lowest BCUT2D eigenvalue weighted by Gasteiger charge is -2.18. The summed E-state index contributed by atoms with van der Waals surface area (Å²) in [5, 5.41) is 7.53. The summed E-state index contributed by atoms with van der Waals surface area (Å²) >= 11 is 0. The lowest BCUT2D eigenvalue weighted by Crippen LogP contribution is -2.16. The van der Waals surface area contributed by atoms with Gasteiger partial charge < -0.3 is 9.84 Å². The monoisotopic (exact) mass is 194 g/mol. The van der Waals surface area contributed by atoms with Gasteiger partial charge in [-0.2, -0.15) is 0 Å². The van der Waals surface area contributed by atoms with Gasteiger partial charge in [-0.1, -0.05) is 12.1 Å². The van der Waals surface area contributed by atoms with Gasteiger partial charge in [0.25, 0.3) is 0 Å². The summed E-state index contributed by atoms with van der Waals surface area (Å²) < 4.78 is 5.14. The molecule has 1 saturated heterocycles. The molecule has 14 heavy (non-hydrogen) atoms. The molecule has 0 aromatic carbocycles. The van der Waals surface area contributed by atoms with Gasteiger partial charge in [0, 0.05) is 12.0 Å². The van der Waals surface area contributed by atoms with Crippen LogP contribution in [-0.2, 0) is 0 Å². The van der Waals surface area contributed by atoms with Crippen LogP contribution in [0.2, 0.25) is 0 Å². The minimum atomic E-state index is 0.572. The number of aryl methyl sites for hydroxylation is 1. The van der Waals surface area contributed by atoms with E-state index in [-0.39, 0.29) is 0 Å². The molecule has 1 aliphatic rings. The van der Waals surface area contributed by atoms with Crippen molar-refractivity contribution in [1.29, 1.82) is 0 Å². The zero-order valence-electron chi connectivity index (χ0n) is 8.92. The second kappa shape index (κ2) is 4.13. The molecule has 2 atom stereocenters. The zero-order chi connectivity index (χ0) is 9.97. The minimum absolute atomic E-state index is 0.572. The van der Waals surface area contributed by atoms with Gasteiger partial charge in [-0.3, -0.25) is 0 Å². The molecular weight excluding hydrogens is 176 g/mol. The van der Waals surface area contributed by atoms with Gasteiger partial charge in [0.15, 0.2) is 0 Å². The molecule has 0 radical (unpaired) electrons. The van der Waals surface area contributed by atoms with Crippen molar-refractivity contribution in [2.75, 3.05) is 13.1 Å². The number of hydrogen-bond donors (Lipinski definition) is 1. The molecule has 3 nitrogen and oxygen atoms in total. The molecule has 0 saturated carbocycles. The SMILES string of the molecule is CCC(c1cc(C)on1)C1CCNC1. The highest BCUT2D eigenvalue weighted by Gasteiger charge is 2.26. The van der Waals surface area contributed by atoms with E-state index in [4.69, 9.17) is 4.52 Å². The number of nitrogens with zero attached hydrogens (tertiary/aromatic N) is 1. The fraction of sp³-hybridized carbons (Fsp3) is 0.727. The predicted molar refractivity (Wildman–Crippen MR) is 55.2 cm³/mol. The van der Waals surface area contributed by atoms with Crippen LogP contribution in [0.3, 0.4) is 0 Å². The maximum Gasteiger partial charge on any atom is 0.133 e. The Bertz CT molecular complexity index is 289. The first-order chi connectivity index (χ1) is 6.81. The third kappa shape index (κ3) is 1.82. The predicted octanol–water partition coefficient (Wildman–Crippen LogP) is 2.09. The summed E-state index contributed by atoms with van der Waals surface area (Å²) in [6.45, 7) is 6.46. The Hall–Kier alpha value is -0.830. The van der Waals surface area contributed by atoms with Gasteiger partial charge in [-0.25, -0.2) is 0 Å². The van der Waals surface area contributed by atoms with Crippen LogP contribution in [0.15, 0.2) is 10.6 Å². The largest absolute Gasteiger partial charge is 0.361 e. The molecule has 0 aliphatic carbocycles. The number of aromatic nitrogens is 1. The minimum Gasteiger partial charge on any atom is -0.361 e. The summed E-state index contributed by atoms with van der Waals surface area (Å²) in [4.78, 5) is 0. The number of rotatable bonds is 3. The average molecular weight is 194 g/mol. The standard InChI is InChI=1S/C11H18N2O/c1-3-10(9-4-5-12-7-9)11-6-8(2)14-13-11/h6,9-10,12H,3-5,7H2,1-2H3. The molecule has 2 rings (SSSR count). The zero-order valence-corrected chi connectivity index (χ0v) is 8.92. The van der Waals surface area contributed by atoms with Crippen molar-refractivity contribution >= 4 is 0 Å². The molecule has 2 unspecified atom stereocenters. The molecular formula is C11H18N2O. The third-order valence-corrected chi connectivity index (χ3v) is 3.13. The van der Waals surface area contributed by atoms with E-state index in [9.17, 15) is 0 Å². The van der Waals surface area contributed by atoms with E-state index in [1.807, 2.05) is 6.92 Å². The summed E-state index contributed by atoms with van der Waals surface area (Å²) in [6, 6.07) is 2.08. The van der Waals surface area contributed by atoms with E-state index >= 15 is 0 Å². The molecule has 3 heteroatoms. The Morgan fingerprint density at radius 3 is 3.07 bits per heavy atom. The number of nitrogens with one attached hydrogen (secondary N) is 1. The normalized spacial score (nSPS) is 24.0.